The molecule has 1 unspecified atom stereocenters. The number of aryl methyl sites for hydroxylation is 1. The molecule has 0 saturated carbocycles. The maximum Gasteiger partial charge on any atom is 0.272 e. The van der Waals surface area contributed by atoms with Crippen LogP contribution in [0.5, 0.6) is 0 Å². The van der Waals surface area contributed by atoms with Gasteiger partial charge >= 0.3 is 0 Å². The summed E-state index contributed by atoms with van der Waals surface area (Å²) in [5.74, 6) is -1.07. The number of nitrogens with one attached hydrogen (secondary N) is 3. The lowest BCUT2D eigenvalue weighted by Gasteiger charge is -2.14. The Hall–Kier alpha value is -4.95. The minimum absolute atomic E-state index is 0.0353. The van der Waals surface area contributed by atoms with Crippen LogP contribution in [0.25, 0.3) is 6.08 Å². The van der Waals surface area contributed by atoms with Crippen LogP contribution < -0.4 is 16.0 Å². The molecule has 0 aliphatic rings. The Labute approximate surface area is 249 Å². The van der Waals surface area contributed by atoms with Crippen LogP contribution in [-0.4, -0.2) is 28.8 Å². The first-order valence-electron chi connectivity index (χ1n) is 13.3. The van der Waals surface area contributed by atoms with Crippen molar-refractivity contribution >= 4 is 52.7 Å². The number of hydrogen-bond acceptors (Lipinski definition) is 5. The van der Waals surface area contributed by atoms with Gasteiger partial charge in [0.25, 0.3) is 11.8 Å². The summed E-state index contributed by atoms with van der Waals surface area (Å²) in [5, 5.41) is 8.05. The van der Waals surface area contributed by atoms with Crippen LogP contribution in [0.2, 0.25) is 0 Å². The van der Waals surface area contributed by atoms with Crippen molar-refractivity contribution in [2.45, 2.75) is 30.9 Å². The highest BCUT2D eigenvalue weighted by Gasteiger charge is 2.17. The fraction of sp³-hybridized carbons (Fsp3) is 0.118. The van der Waals surface area contributed by atoms with E-state index in [1.807, 2.05) is 49.4 Å². The maximum atomic E-state index is 13.3. The molecule has 0 saturated heterocycles. The van der Waals surface area contributed by atoms with Crippen molar-refractivity contribution in [1.29, 1.82) is 0 Å². The fourth-order valence-corrected chi connectivity index (χ4v) is 4.74. The molecule has 42 heavy (non-hydrogen) atoms. The zero-order valence-corrected chi connectivity index (χ0v) is 24.3. The number of ketones is 1. The summed E-state index contributed by atoms with van der Waals surface area (Å²) in [7, 11) is 0. The standard InChI is InChI=1S/C34H31N3O4S/c1-22-9-11-25(12-10-22)21-31(37-33(40)27-7-5-4-6-8-27)34(41)36-29-17-19-30(20-18-29)42-24(3)32(39)35-28-15-13-26(14-16-28)23(2)38/h4-21,24H,1-3H3,(H,35,39)(H,36,41)(H,37,40)/b31-21-. The van der Waals surface area contributed by atoms with E-state index >= 15 is 0 Å². The van der Waals surface area contributed by atoms with Gasteiger partial charge in [-0.1, -0.05) is 48.0 Å². The molecule has 0 aliphatic heterocycles. The van der Waals surface area contributed by atoms with Crippen LogP contribution in [0.3, 0.4) is 0 Å². The van der Waals surface area contributed by atoms with E-state index in [1.165, 1.54) is 18.7 Å². The first-order chi connectivity index (χ1) is 20.2. The van der Waals surface area contributed by atoms with Gasteiger partial charge in [0.1, 0.15) is 5.70 Å². The first-order valence-corrected chi connectivity index (χ1v) is 14.2. The molecule has 3 amide bonds. The SMILES string of the molecule is CC(=O)c1ccc(NC(=O)C(C)Sc2ccc(NC(=O)/C(=C/c3ccc(C)cc3)NC(=O)c3ccccc3)cc2)cc1. The molecular formula is C34H31N3O4S. The molecule has 0 aliphatic carbocycles. The number of carbonyl (C=O) groups is 4. The summed E-state index contributed by atoms with van der Waals surface area (Å²) in [6.07, 6.45) is 1.63. The molecule has 4 aromatic carbocycles. The predicted octanol–water partition coefficient (Wildman–Crippen LogP) is 6.73. The molecule has 0 aromatic heterocycles. The van der Waals surface area contributed by atoms with E-state index in [-0.39, 0.29) is 17.4 Å². The number of rotatable bonds is 10. The molecule has 4 rings (SSSR count). The lowest BCUT2D eigenvalue weighted by molar-refractivity contribution is -0.115. The Bertz CT molecular complexity index is 1600. The van der Waals surface area contributed by atoms with Gasteiger partial charge in [0, 0.05) is 27.4 Å². The van der Waals surface area contributed by atoms with Crippen molar-refractivity contribution in [3.05, 3.63) is 131 Å². The van der Waals surface area contributed by atoms with Crippen LogP contribution in [0.1, 0.15) is 45.7 Å². The van der Waals surface area contributed by atoms with Gasteiger partial charge in [-0.05, 0) is 93.1 Å². The van der Waals surface area contributed by atoms with Crippen LogP contribution in [0, 0.1) is 6.92 Å². The number of thioether (sulfide) groups is 1. The summed E-state index contributed by atoms with van der Waals surface area (Å²) in [4.78, 5) is 51.1. The Balaban J connectivity index is 1.40. The molecule has 0 heterocycles. The Kier molecular flexibility index (Phi) is 10.1. The predicted molar refractivity (Wildman–Crippen MR) is 169 cm³/mol. The van der Waals surface area contributed by atoms with Crippen LogP contribution in [0.15, 0.2) is 114 Å². The monoisotopic (exact) mass is 577 g/mol. The van der Waals surface area contributed by atoms with Gasteiger partial charge in [0.05, 0.1) is 5.25 Å². The van der Waals surface area contributed by atoms with Gasteiger partial charge in [-0.25, -0.2) is 0 Å². The Morgan fingerprint density at radius 2 is 1.31 bits per heavy atom. The Morgan fingerprint density at radius 3 is 1.93 bits per heavy atom. The van der Waals surface area contributed by atoms with E-state index in [1.54, 1.807) is 73.7 Å². The van der Waals surface area contributed by atoms with E-state index in [4.69, 9.17) is 0 Å². The smallest absolute Gasteiger partial charge is 0.272 e. The van der Waals surface area contributed by atoms with E-state index in [9.17, 15) is 19.2 Å². The Morgan fingerprint density at radius 1 is 0.714 bits per heavy atom. The second-order valence-electron chi connectivity index (χ2n) is 9.65. The van der Waals surface area contributed by atoms with Gasteiger partial charge < -0.3 is 16.0 Å². The van der Waals surface area contributed by atoms with E-state index < -0.39 is 17.1 Å². The van der Waals surface area contributed by atoms with Gasteiger partial charge in [-0.15, -0.1) is 11.8 Å². The molecule has 3 N–H and O–H groups in total. The molecule has 4 aromatic rings. The quantitative estimate of drug-likeness (QED) is 0.110. The molecule has 0 fully saturated rings. The third-order valence-electron chi connectivity index (χ3n) is 6.27. The van der Waals surface area contributed by atoms with Gasteiger partial charge in [0.2, 0.25) is 5.91 Å². The van der Waals surface area contributed by atoms with Gasteiger partial charge in [0.15, 0.2) is 5.78 Å². The van der Waals surface area contributed by atoms with Gasteiger partial charge in [-0.3, -0.25) is 19.2 Å². The minimum atomic E-state index is -0.469. The van der Waals surface area contributed by atoms with Crippen LogP contribution in [0.4, 0.5) is 11.4 Å². The molecule has 8 heteroatoms. The second kappa shape index (κ2) is 14.1. The van der Waals surface area contributed by atoms with E-state index in [0.29, 0.717) is 22.5 Å². The topological polar surface area (TPSA) is 104 Å². The van der Waals surface area contributed by atoms with E-state index in [2.05, 4.69) is 16.0 Å². The fourth-order valence-electron chi connectivity index (χ4n) is 3.88. The number of hydrogen-bond donors (Lipinski definition) is 3. The maximum absolute atomic E-state index is 13.3. The average molecular weight is 578 g/mol. The third kappa shape index (κ3) is 8.52. The van der Waals surface area contributed by atoms with Crippen LogP contribution >= 0.6 is 11.8 Å². The molecule has 1 atom stereocenters. The van der Waals surface area contributed by atoms with Crippen molar-refractivity contribution in [1.82, 2.24) is 5.32 Å². The lowest BCUT2D eigenvalue weighted by Crippen LogP contribution is -2.30. The minimum Gasteiger partial charge on any atom is -0.325 e. The number of Topliss-reactive ketones (excluding diaryl/α,β-unsaturated/α-hetero) is 1. The highest BCUT2D eigenvalue weighted by Crippen LogP contribution is 2.26. The normalized spacial score (nSPS) is 11.7. The van der Waals surface area contributed by atoms with Crippen molar-refractivity contribution in [2.24, 2.45) is 0 Å². The molecule has 0 radical (unpaired) electrons. The summed E-state index contributed by atoms with van der Waals surface area (Å²) in [5.41, 5.74) is 4.13. The number of carbonyl (C=O) groups excluding carboxylic acids is 4. The second-order valence-corrected chi connectivity index (χ2v) is 11.1. The summed E-state index contributed by atoms with van der Waals surface area (Å²) in [6.45, 7) is 5.27. The largest absolute Gasteiger partial charge is 0.325 e. The lowest BCUT2D eigenvalue weighted by atomic mass is 10.1. The number of benzene rings is 4. The van der Waals surface area contributed by atoms with E-state index in [0.717, 1.165) is 16.0 Å². The number of anilines is 2. The zero-order valence-electron chi connectivity index (χ0n) is 23.5. The van der Waals surface area contributed by atoms with Crippen molar-refractivity contribution in [3.63, 3.8) is 0 Å². The van der Waals surface area contributed by atoms with Crippen molar-refractivity contribution in [2.75, 3.05) is 10.6 Å². The highest BCUT2D eigenvalue weighted by molar-refractivity contribution is 8.00. The molecular weight excluding hydrogens is 546 g/mol. The third-order valence-corrected chi connectivity index (χ3v) is 7.38. The van der Waals surface area contributed by atoms with Crippen molar-refractivity contribution < 1.29 is 19.2 Å². The molecule has 0 spiro atoms. The van der Waals surface area contributed by atoms with Crippen molar-refractivity contribution in [3.8, 4) is 0 Å². The average Bonchev–Trinajstić information content (AvgIpc) is 2.99. The van der Waals surface area contributed by atoms with Crippen LogP contribution in [-0.2, 0) is 9.59 Å². The number of amides is 3. The highest BCUT2D eigenvalue weighted by atomic mass is 32.2. The van der Waals surface area contributed by atoms with Gasteiger partial charge in [-0.2, -0.15) is 0 Å². The zero-order chi connectivity index (χ0) is 30.1. The summed E-state index contributed by atoms with van der Waals surface area (Å²) >= 11 is 1.37. The molecule has 7 nitrogen and oxygen atoms in total. The molecule has 0 bridgehead atoms. The first kappa shape index (κ1) is 30.0. The summed E-state index contributed by atoms with van der Waals surface area (Å²) < 4.78 is 0. The molecule has 212 valence electrons. The summed E-state index contributed by atoms with van der Waals surface area (Å²) in [6, 6.07) is 30.2.